The lowest BCUT2D eigenvalue weighted by molar-refractivity contribution is 0.0946. The van der Waals surface area contributed by atoms with Crippen LogP contribution in [0.2, 0.25) is 5.02 Å². The van der Waals surface area contributed by atoms with E-state index in [9.17, 15) is 9.18 Å². The summed E-state index contributed by atoms with van der Waals surface area (Å²) in [5.74, 6) is 0.0165. The van der Waals surface area contributed by atoms with E-state index in [0.717, 1.165) is 25.9 Å². The summed E-state index contributed by atoms with van der Waals surface area (Å²) in [7, 11) is 0. The smallest absolute Gasteiger partial charge is 0.271 e. The van der Waals surface area contributed by atoms with E-state index >= 15 is 0 Å². The highest BCUT2D eigenvalue weighted by Crippen LogP contribution is 2.25. The Morgan fingerprint density at radius 3 is 2.80 bits per heavy atom. The van der Waals surface area contributed by atoms with Crippen molar-refractivity contribution in [3.05, 3.63) is 71.0 Å². The average molecular weight is 428 g/mol. The number of pyridine rings is 1. The van der Waals surface area contributed by atoms with Crippen LogP contribution >= 0.6 is 11.6 Å². The molecular weight excluding hydrogens is 409 g/mol. The van der Waals surface area contributed by atoms with Crippen molar-refractivity contribution in [2.75, 3.05) is 18.0 Å². The van der Waals surface area contributed by atoms with Crippen molar-refractivity contribution in [3.8, 4) is 11.5 Å². The first-order valence-corrected chi connectivity index (χ1v) is 9.90. The largest absolute Gasteiger partial charge is 0.453 e. The molecule has 9 heteroatoms. The fourth-order valence-electron chi connectivity index (χ4n) is 3.12. The third kappa shape index (κ3) is 4.65. The molecule has 3 heterocycles. The predicted molar refractivity (Wildman–Crippen MR) is 110 cm³/mol. The van der Waals surface area contributed by atoms with Crippen molar-refractivity contribution >= 4 is 23.5 Å². The van der Waals surface area contributed by atoms with Gasteiger partial charge in [-0.15, -0.1) is 0 Å². The third-order valence-electron chi connectivity index (χ3n) is 4.65. The van der Waals surface area contributed by atoms with Crippen molar-refractivity contribution in [3.63, 3.8) is 0 Å². The molecule has 0 atom stereocenters. The lowest BCUT2D eigenvalue weighted by Crippen LogP contribution is -2.26. The number of hydrogen-bond acceptors (Lipinski definition) is 6. The normalized spacial score (nSPS) is 13.3. The molecule has 1 saturated heterocycles. The number of nitrogens with zero attached hydrogens (tertiary/aromatic N) is 4. The second-order valence-corrected chi connectivity index (χ2v) is 7.21. The average Bonchev–Trinajstić information content (AvgIpc) is 3.30. The van der Waals surface area contributed by atoms with Crippen LogP contribution in [0.5, 0.6) is 11.5 Å². The molecule has 0 spiro atoms. The molecule has 4 rings (SSSR count). The Kier molecular flexibility index (Phi) is 6.04. The zero-order valence-corrected chi connectivity index (χ0v) is 16.8. The van der Waals surface area contributed by atoms with E-state index in [1.165, 1.54) is 24.5 Å². The van der Waals surface area contributed by atoms with Crippen LogP contribution in [-0.2, 0) is 6.54 Å². The van der Waals surface area contributed by atoms with Gasteiger partial charge in [-0.3, -0.25) is 9.78 Å². The number of hydrogen-bond donors (Lipinski definition) is 1. The number of halogens is 2. The molecule has 1 aliphatic rings. The molecule has 1 fully saturated rings. The molecule has 0 saturated carbocycles. The van der Waals surface area contributed by atoms with Crippen LogP contribution in [0.4, 0.5) is 10.3 Å². The quantitative estimate of drug-likeness (QED) is 0.640. The van der Waals surface area contributed by atoms with Crippen LogP contribution in [0.15, 0.2) is 48.9 Å². The summed E-state index contributed by atoms with van der Waals surface area (Å²) in [5, 5.41) is 2.89. The molecule has 0 unspecified atom stereocenters. The Morgan fingerprint density at radius 2 is 2.07 bits per heavy atom. The Bertz CT molecular complexity index is 1040. The van der Waals surface area contributed by atoms with Gasteiger partial charge in [0.2, 0.25) is 5.95 Å². The number of ether oxygens (including phenoxy) is 1. The van der Waals surface area contributed by atoms with E-state index in [1.807, 2.05) is 4.90 Å². The Morgan fingerprint density at radius 1 is 1.23 bits per heavy atom. The Labute approximate surface area is 177 Å². The van der Waals surface area contributed by atoms with Crippen LogP contribution in [0.1, 0.15) is 28.9 Å². The molecule has 1 amide bonds. The zero-order chi connectivity index (χ0) is 20.9. The summed E-state index contributed by atoms with van der Waals surface area (Å²) < 4.78 is 19.8. The van der Waals surface area contributed by atoms with Gasteiger partial charge in [0.05, 0.1) is 17.4 Å². The van der Waals surface area contributed by atoms with E-state index < -0.39 is 11.7 Å². The second kappa shape index (κ2) is 9.04. The van der Waals surface area contributed by atoms with Crippen molar-refractivity contribution < 1.29 is 13.9 Å². The first-order valence-electron chi connectivity index (χ1n) is 9.52. The lowest BCUT2D eigenvalue weighted by atomic mass is 10.2. The van der Waals surface area contributed by atoms with Gasteiger partial charge >= 0.3 is 0 Å². The van der Waals surface area contributed by atoms with Crippen LogP contribution in [0, 0.1) is 5.82 Å². The molecule has 0 aliphatic carbocycles. The lowest BCUT2D eigenvalue weighted by Gasteiger charge is -2.16. The van der Waals surface area contributed by atoms with E-state index in [2.05, 4.69) is 20.3 Å². The summed E-state index contributed by atoms with van der Waals surface area (Å²) in [6, 6.07) is 7.87. The monoisotopic (exact) mass is 427 g/mol. The van der Waals surface area contributed by atoms with Crippen molar-refractivity contribution in [2.45, 2.75) is 19.4 Å². The van der Waals surface area contributed by atoms with E-state index in [4.69, 9.17) is 16.3 Å². The minimum atomic E-state index is -0.540. The van der Waals surface area contributed by atoms with E-state index in [1.54, 1.807) is 24.4 Å². The molecule has 0 radical (unpaired) electrons. The number of aromatic nitrogens is 3. The SMILES string of the molecule is O=C(NCc1ccc(Oc2cccnc2)c(F)c1)c1nc(N2CCCC2)ncc1Cl. The Hall–Kier alpha value is -3.26. The van der Waals surface area contributed by atoms with Gasteiger partial charge in [0.15, 0.2) is 17.3 Å². The highest BCUT2D eigenvalue weighted by molar-refractivity contribution is 6.33. The number of nitrogens with one attached hydrogen (secondary N) is 1. The van der Waals surface area contributed by atoms with Crippen molar-refractivity contribution in [1.29, 1.82) is 0 Å². The molecule has 1 aromatic carbocycles. The summed E-state index contributed by atoms with van der Waals surface area (Å²) in [6.45, 7) is 1.83. The predicted octanol–water partition coefficient (Wildman–Crippen LogP) is 3.99. The van der Waals surface area contributed by atoms with Gasteiger partial charge in [0, 0.05) is 25.8 Å². The number of anilines is 1. The summed E-state index contributed by atoms with van der Waals surface area (Å²) >= 11 is 6.12. The maximum absolute atomic E-state index is 14.4. The molecule has 1 aliphatic heterocycles. The molecule has 30 heavy (non-hydrogen) atoms. The molecule has 7 nitrogen and oxygen atoms in total. The van der Waals surface area contributed by atoms with Crippen LogP contribution in [0.25, 0.3) is 0 Å². The first kappa shape index (κ1) is 20.0. The standard InChI is InChI=1S/C21H19ClFN5O2/c22-16-13-26-21(28-8-1-2-9-28)27-19(16)20(29)25-11-14-5-6-18(17(23)10-14)30-15-4-3-7-24-12-15/h3-7,10,12-13H,1-2,8-9,11H2,(H,25,29). The summed E-state index contributed by atoms with van der Waals surface area (Å²) in [4.78, 5) is 27.0. The topological polar surface area (TPSA) is 80.2 Å². The molecule has 1 N–H and O–H groups in total. The van der Waals surface area contributed by atoms with Gasteiger partial charge in [-0.05, 0) is 42.7 Å². The second-order valence-electron chi connectivity index (χ2n) is 6.80. The molecular formula is C21H19ClFN5O2. The molecule has 0 bridgehead atoms. The minimum Gasteiger partial charge on any atom is -0.453 e. The maximum Gasteiger partial charge on any atom is 0.271 e. The van der Waals surface area contributed by atoms with Crippen molar-refractivity contribution in [2.24, 2.45) is 0 Å². The zero-order valence-electron chi connectivity index (χ0n) is 16.0. The summed E-state index contributed by atoms with van der Waals surface area (Å²) in [5.41, 5.74) is 0.676. The van der Waals surface area contributed by atoms with Gasteiger partial charge in [0.25, 0.3) is 5.91 Å². The van der Waals surface area contributed by atoms with Crippen LogP contribution in [-0.4, -0.2) is 33.9 Å². The number of amides is 1. The molecule has 2 aromatic heterocycles. The molecule has 154 valence electrons. The third-order valence-corrected chi connectivity index (χ3v) is 4.92. The van der Waals surface area contributed by atoms with Gasteiger partial charge < -0.3 is 15.0 Å². The number of benzene rings is 1. The van der Waals surface area contributed by atoms with Gasteiger partial charge in [-0.25, -0.2) is 14.4 Å². The highest BCUT2D eigenvalue weighted by atomic mass is 35.5. The number of carbonyl (C=O) groups excluding carboxylic acids is 1. The van der Waals surface area contributed by atoms with E-state index in [-0.39, 0.29) is 23.0 Å². The van der Waals surface area contributed by atoms with Crippen LogP contribution in [0.3, 0.4) is 0 Å². The first-order chi connectivity index (χ1) is 14.6. The van der Waals surface area contributed by atoms with Gasteiger partial charge in [-0.2, -0.15) is 0 Å². The number of rotatable bonds is 6. The highest BCUT2D eigenvalue weighted by Gasteiger charge is 2.19. The number of carbonyl (C=O) groups is 1. The Balaban J connectivity index is 1.41. The fourth-order valence-corrected chi connectivity index (χ4v) is 3.30. The van der Waals surface area contributed by atoms with Gasteiger partial charge in [0.1, 0.15) is 5.75 Å². The van der Waals surface area contributed by atoms with E-state index in [0.29, 0.717) is 17.3 Å². The fraction of sp³-hybridized carbons (Fsp3) is 0.238. The maximum atomic E-state index is 14.4. The minimum absolute atomic E-state index is 0.0761. The van der Waals surface area contributed by atoms with Crippen LogP contribution < -0.4 is 15.0 Å². The molecule has 3 aromatic rings. The summed E-state index contributed by atoms with van der Waals surface area (Å²) in [6.07, 6.45) is 6.67. The van der Waals surface area contributed by atoms with Gasteiger partial charge in [-0.1, -0.05) is 17.7 Å². The van der Waals surface area contributed by atoms with Crippen molar-refractivity contribution in [1.82, 2.24) is 20.3 Å².